The van der Waals surface area contributed by atoms with E-state index in [0.29, 0.717) is 42.1 Å². The third-order valence-corrected chi connectivity index (χ3v) is 5.54. The molecule has 5 heterocycles. The fraction of sp³-hybridized carbons (Fsp3) is 0.476. The van der Waals surface area contributed by atoms with Gasteiger partial charge in [-0.1, -0.05) is 0 Å². The van der Waals surface area contributed by atoms with Crippen LogP contribution in [-0.2, 0) is 9.47 Å². The van der Waals surface area contributed by atoms with Gasteiger partial charge in [0.2, 0.25) is 5.95 Å². The Hall–Kier alpha value is -3.49. The number of aromatic amines is 1. The molecule has 0 saturated carbocycles. The van der Waals surface area contributed by atoms with Crippen LogP contribution in [0.25, 0.3) is 11.0 Å². The Bertz CT molecular complexity index is 1140. The van der Waals surface area contributed by atoms with E-state index in [-0.39, 0.29) is 12.2 Å². The highest BCUT2D eigenvalue weighted by Crippen LogP contribution is 2.29. The van der Waals surface area contributed by atoms with E-state index in [4.69, 9.17) is 24.4 Å². The van der Waals surface area contributed by atoms with Crippen molar-refractivity contribution in [1.29, 1.82) is 5.26 Å². The summed E-state index contributed by atoms with van der Waals surface area (Å²) in [6.07, 6.45) is 1.66. The van der Waals surface area contributed by atoms with E-state index in [1.165, 1.54) is 6.33 Å². The van der Waals surface area contributed by atoms with Gasteiger partial charge in [0.05, 0.1) is 37.1 Å². The molecule has 2 aliphatic heterocycles. The van der Waals surface area contributed by atoms with Crippen LogP contribution in [0.3, 0.4) is 0 Å². The molecule has 2 atom stereocenters. The van der Waals surface area contributed by atoms with Crippen LogP contribution in [0.2, 0.25) is 0 Å². The van der Waals surface area contributed by atoms with Crippen molar-refractivity contribution in [3.8, 4) is 6.07 Å². The van der Waals surface area contributed by atoms with Gasteiger partial charge >= 0.3 is 0 Å². The summed E-state index contributed by atoms with van der Waals surface area (Å²) in [5.41, 5.74) is 0.933. The number of ether oxygens (including phenoxy) is 2. The topological polar surface area (TPSA) is 128 Å². The molecule has 5 rings (SSSR count). The van der Waals surface area contributed by atoms with E-state index >= 15 is 0 Å². The van der Waals surface area contributed by atoms with E-state index < -0.39 is 0 Å². The highest BCUT2D eigenvalue weighted by molar-refractivity contribution is 5.89. The lowest BCUT2D eigenvalue weighted by molar-refractivity contribution is -0.00570. The van der Waals surface area contributed by atoms with Crippen molar-refractivity contribution < 1.29 is 9.47 Å². The monoisotopic (exact) mass is 435 g/mol. The molecule has 0 aliphatic carbocycles. The summed E-state index contributed by atoms with van der Waals surface area (Å²) in [4.78, 5) is 25.8. The van der Waals surface area contributed by atoms with Crippen LogP contribution < -0.4 is 15.1 Å². The number of nitrogens with one attached hydrogen (secondary N) is 2. The number of nitrogens with zero attached hydrogens (tertiary/aromatic N) is 7. The first-order valence-electron chi connectivity index (χ1n) is 10.7. The summed E-state index contributed by atoms with van der Waals surface area (Å²) in [6, 6.07) is 5.89. The zero-order valence-corrected chi connectivity index (χ0v) is 18.1. The molecule has 0 amide bonds. The zero-order chi connectivity index (χ0) is 22.1. The number of hydrogen-bond acceptors (Lipinski definition) is 10. The van der Waals surface area contributed by atoms with Crippen LogP contribution in [0.15, 0.2) is 18.5 Å². The first-order valence-corrected chi connectivity index (χ1v) is 10.7. The Labute approximate surface area is 185 Å². The number of hydrogen-bond donors (Lipinski definition) is 2. The van der Waals surface area contributed by atoms with Gasteiger partial charge in [-0.25, -0.2) is 9.97 Å². The van der Waals surface area contributed by atoms with Gasteiger partial charge in [-0.3, -0.25) is 0 Å². The van der Waals surface area contributed by atoms with Crippen molar-refractivity contribution in [3.63, 3.8) is 0 Å². The Kier molecular flexibility index (Phi) is 5.46. The SMILES string of the molecule is CC1CN(c2nc(N3CCOCC3)c3ccc(Nc4nc[nH]c4C#N)nc3n2)CC(C)O1. The molecule has 2 saturated heterocycles. The van der Waals surface area contributed by atoms with Crippen LogP contribution in [0.4, 0.5) is 23.4 Å². The normalized spacial score (nSPS) is 21.5. The first-order chi connectivity index (χ1) is 15.6. The van der Waals surface area contributed by atoms with Crippen LogP contribution in [0.1, 0.15) is 19.5 Å². The van der Waals surface area contributed by atoms with Crippen LogP contribution in [0.5, 0.6) is 0 Å². The molecular formula is C21H25N9O2. The van der Waals surface area contributed by atoms with Gasteiger partial charge in [0.15, 0.2) is 17.2 Å². The summed E-state index contributed by atoms with van der Waals surface area (Å²) < 4.78 is 11.4. The maximum atomic E-state index is 9.23. The number of anilines is 4. The number of fused-ring (bicyclic) bond motifs is 1. The summed E-state index contributed by atoms with van der Waals surface area (Å²) in [5, 5.41) is 13.2. The summed E-state index contributed by atoms with van der Waals surface area (Å²) in [6.45, 7) is 8.41. The van der Waals surface area contributed by atoms with Gasteiger partial charge in [0, 0.05) is 26.2 Å². The molecule has 0 spiro atoms. The Morgan fingerprint density at radius 1 is 1.09 bits per heavy atom. The van der Waals surface area contributed by atoms with Gasteiger partial charge in [0.25, 0.3) is 0 Å². The highest BCUT2D eigenvalue weighted by atomic mass is 16.5. The zero-order valence-electron chi connectivity index (χ0n) is 18.1. The van der Waals surface area contributed by atoms with Gasteiger partial charge in [-0.2, -0.15) is 15.2 Å². The molecule has 3 aromatic rings. The number of morpholine rings is 2. The minimum Gasteiger partial charge on any atom is -0.378 e. The molecule has 0 radical (unpaired) electrons. The molecule has 3 aromatic heterocycles. The molecule has 2 unspecified atom stereocenters. The van der Waals surface area contributed by atoms with Crippen molar-refractivity contribution in [1.82, 2.24) is 24.9 Å². The lowest BCUT2D eigenvalue weighted by atomic mass is 10.2. The number of aromatic nitrogens is 5. The second-order valence-electron chi connectivity index (χ2n) is 8.04. The van der Waals surface area contributed by atoms with Crippen molar-refractivity contribution in [2.75, 3.05) is 54.5 Å². The second kappa shape index (κ2) is 8.57. The van der Waals surface area contributed by atoms with E-state index in [1.54, 1.807) is 0 Å². The fourth-order valence-corrected chi connectivity index (χ4v) is 4.15. The summed E-state index contributed by atoms with van der Waals surface area (Å²) in [7, 11) is 0. The van der Waals surface area contributed by atoms with E-state index in [1.807, 2.05) is 12.1 Å². The predicted molar refractivity (Wildman–Crippen MR) is 119 cm³/mol. The third kappa shape index (κ3) is 4.02. The maximum Gasteiger partial charge on any atom is 0.229 e. The molecule has 2 aliphatic rings. The van der Waals surface area contributed by atoms with Crippen molar-refractivity contribution in [2.24, 2.45) is 0 Å². The molecule has 11 nitrogen and oxygen atoms in total. The largest absolute Gasteiger partial charge is 0.378 e. The van der Waals surface area contributed by atoms with Gasteiger partial charge < -0.3 is 29.6 Å². The van der Waals surface area contributed by atoms with Crippen LogP contribution in [0, 0.1) is 11.3 Å². The predicted octanol–water partition coefficient (Wildman–Crippen LogP) is 1.81. The fourth-order valence-electron chi connectivity index (χ4n) is 4.15. The molecule has 32 heavy (non-hydrogen) atoms. The number of nitriles is 1. The van der Waals surface area contributed by atoms with Crippen molar-refractivity contribution in [2.45, 2.75) is 26.1 Å². The smallest absolute Gasteiger partial charge is 0.229 e. The maximum absolute atomic E-state index is 9.23. The summed E-state index contributed by atoms with van der Waals surface area (Å²) in [5.74, 6) is 2.49. The van der Waals surface area contributed by atoms with Gasteiger partial charge in [-0.05, 0) is 26.0 Å². The van der Waals surface area contributed by atoms with E-state index in [2.05, 4.69) is 45.0 Å². The molecule has 166 valence electrons. The van der Waals surface area contributed by atoms with Gasteiger partial charge in [-0.15, -0.1) is 0 Å². The van der Waals surface area contributed by atoms with Crippen molar-refractivity contribution >= 4 is 34.4 Å². The minimum atomic E-state index is 0.0925. The van der Waals surface area contributed by atoms with Gasteiger partial charge in [0.1, 0.15) is 17.7 Å². The quantitative estimate of drug-likeness (QED) is 0.626. The molecule has 11 heteroatoms. The number of pyridine rings is 1. The lowest BCUT2D eigenvalue weighted by Crippen LogP contribution is -2.46. The average molecular weight is 435 g/mol. The number of rotatable bonds is 4. The number of imidazole rings is 1. The second-order valence-corrected chi connectivity index (χ2v) is 8.04. The first kappa shape index (κ1) is 20.4. The van der Waals surface area contributed by atoms with Crippen LogP contribution in [-0.4, -0.2) is 76.5 Å². The molecule has 2 N–H and O–H groups in total. The third-order valence-electron chi connectivity index (χ3n) is 5.54. The molecule has 0 aromatic carbocycles. The summed E-state index contributed by atoms with van der Waals surface area (Å²) >= 11 is 0. The molecule has 0 bridgehead atoms. The van der Waals surface area contributed by atoms with Crippen LogP contribution >= 0.6 is 0 Å². The Morgan fingerprint density at radius 2 is 1.88 bits per heavy atom. The standard InChI is InChI=1S/C21H25N9O2/c1-13-10-30(11-14(2)32-13)21-27-18-15(20(28-21)29-5-7-31-8-6-29)3-4-17(25-18)26-19-16(9-22)23-12-24-19/h3-4,12-14H,5-8,10-11H2,1-2H3,(H,23,24)(H,25,26,27,28). The Balaban J connectivity index is 1.56. The number of H-pyrrole nitrogens is 1. The van der Waals surface area contributed by atoms with Crippen molar-refractivity contribution in [3.05, 3.63) is 24.2 Å². The molecular weight excluding hydrogens is 410 g/mol. The Morgan fingerprint density at radius 3 is 2.62 bits per heavy atom. The van der Waals surface area contributed by atoms with E-state index in [9.17, 15) is 5.26 Å². The highest BCUT2D eigenvalue weighted by Gasteiger charge is 2.26. The van der Waals surface area contributed by atoms with E-state index in [0.717, 1.165) is 37.4 Å². The lowest BCUT2D eigenvalue weighted by Gasteiger charge is -2.36. The molecule has 2 fully saturated rings. The minimum absolute atomic E-state index is 0.0925. The average Bonchev–Trinajstić information content (AvgIpc) is 3.25.